The Kier molecular flexibility index (Phi) is 7.96. The summed E-state index contributed by atoms with van der Waals surface area (Å²) in [6, 6.07) is 26.8. The van der Waals surface area contributed by atoms with Gasteiger partial charge in [-0.25, -0.2) is 4.98 Å². The zero-order chi connectivity index (χ0) is 28.2. The van der Waals surface area contributed by atoms with Crippen molar-refractivity contribution in [2.24, 2.45) is 5.92 Å². The standard InChI is InChI=1S/C34H34N2O4/c1-5-39-34(38)20-36-31-19-27(14-15-32(31)40-21-33(36)37)30-18-28(25-10-6-23(4)7-11-25)17-29(35-30)26-12-8-24(9-13-26)16-22(2)3/h6-15,17-19,22H,5,16,20-21H2,1-4H3. The van der Waals surface area contributed by atoms with Gasteiger partial charge in [-0.05, 0) is 73.2 Å². The van der Waals surface area contributed by atoms with Crippen molar-refractivity contribution in [3.63, 3.8) is 0 Å². The highest BCUT2D eigenvalue weighted by molar-refractivity contribution is 6.02. The highest BCUT2D eigenvalue weighted by Gasteiger charge is 2.28. The van der Waals surface area contributed by atoms with E-state index in [1.165, 1.54) is 16.0 Å². The van der Waals surface area contributed by atoms with Crippen molar-refractivity contribution in [3.8, 4) is 39.4 Å². The number of esters is 1. The van der Waals surface area contributed by atoms with Crippen LogP contribution in [0, 0.1) is 12.8 Å². The Balaban J connectivity index is 1.59. The smallest absolute Gasteiger partial charge is 0.326 e. The summed E-state index contributed by atoms with van der Waals surface area (Å²) >= 11 is 0. The van der Waals surface area contributed by atoms with E-state index in [2.05, 4.69) is 81.4 Å². The maximum Gasteiger partial charge on any atom is 0.326 e. The van der Waals surface area contributed by atoms with Crippen molar-refractivity contribution in [1.82, 2.24) is 4.98 Å². The van der Waals surface area contributed by atoms with Gasteiger partial charge in [0.2, 0.25) is 0 Å². The fraction of sp³-hybridized carbons (Fsp3) is 0.265. The SMILES string of the molecule is CCOC(=O)CN1C(=O)COc2ccc(-c3cc(-c4ccc(C)cc4)cc(-c4ccc(CC(C)C)cc4)n3)cc21. The van der Waals surface area contributed by atoms with Gasteiger partial charge in [0.15, 0.2) is 6.61 Å². The normalized spacial score (nSPS) is 12.7. The quantitative estimate of drug-likeness (QED) is 0.231. The summed E-state index contributed by atoms with van der Waals surface area (Å²) in [6.07, 6.45) is 1.03. The topological polar surface area (TPSA) is 68.7 Å². The third-order valence-electron chi connectivity index (χ3n) is 6.89. The van der Waals surface area contributed by atoms with Crippen LogP contribution in [-0.2, 0) is 20.7 Å². The third kappa shape index (κ3) is 6.07. The molecule has 0 N–H and O–H groups in total. The molecule has 1 aliphatic rings. The molecule has 4 aromatic rings. The molecule has 0 bridgehead atoms. The number of aromatic nitrogens is 1. The van der Waals surface area contributed by atoms with E-state index in [9.17, 15) is 9.59 Å². The molecule has 0 fully saturated rings. The Morgan fingerprint density at radius 1 is 0.900 bits per heavy atom. The first-order chi connectivity index (χ1) is 19.3. The lowest BCUT2D eigenvalue weighted by molar-refractivity contribution is -0.142. The number of hydrogen-bond donors (Lipinski definition) is 0. The molecule has 1 aromatic heterocycles. The molecular formula is C34H34N2O4. The summed E-state index contributed by atoms with van der Waals surface area (Å²) in [5.41, 5.74) is 8.63. The van der Waals surface area contributed by atoms with Crippen LogP contribution in [0.15, 0.2) is 78.9 Å². The Morgan fingerprint density at radius 3 is 2.23 bits per heavy atom. The molecule has 6 heteroatoms. The largest absolute Gasteiger partial charge is 0.482 e. The highest BCUT2D eigenvalue weighted by Crippen LogP contribution is 2.37. The lowest BCUT2D eigenvalue weighted by Crippen LogP contribution is -2.42. The van der Waals surface area contributed by atoms with E-state index in [0.717, 1.165) is 40.1 Å². The van der Waals surface area contributed by atoms with Crippen molar-refractivity contribution in [2.45, 2.75) is 34.1 Å². The number of carbonyl (C=O) groups is 2. The molecule has 0 aliphatic carbocycles. The number of fused-ring (bicyclic) bond motifs is 1. The molecule has 0 saturated heterocycles. The minimum atomic E-state index is -0.461. The summed E-state index contributed by atoms with van der Waals surface area (Å²) in [4.78, 5) is 31.5. The van der Waals surface area contributed by atoms with Crippen LogP contribution in [0.25, 0.3) is 33.6 Å². The highest BCUT2D eigenvalue weighted by atomic mass is 16.5. The van der Waals surface area contributed by atoms with Crippen molar-refractivity contribution in [1.29, 1.82) is 0 Å². The molecule has 0 radical (unpaired) electrons. The van der Waals surface area contributed by atoms with Gasteiger partial charge in [-0.2, -0.15) is 0 Å². The van der Waals surface area contributed by atoms with E-state index < -0.39 is 5.97 Å². The molecule has 5 rings (SSSR count). The van der Waals surface area contributed by atoms with Gasteiger partial charge in [-0.3, -0.25) is 14.5 Å². The van der Waals surface area contributed by atoms with Gasteiger partial charge in [-0.1, -0.05) is 67.9 Å². The number of benzene rings is 3. The molecule has 6 nitrogen and oxygen atoms in total. The number of anilines is 1. The Hall–Kier alpha value is -4.45. The van der Waals surface area contributed by atoms with Gasteiger partial charge in [-0.15, -0.1) is 0 Å². The minimum Gasteiger partial charge on any atom is -0.482 e. The van der Waals surface area contributed by atoms with Gasteiger partial charge in [0.25, 0.3) is 5.91 Å². The number of hydrogen-bond acceptors (Lipinski definition) is 5. The van der Waals surface area contributed by atoms with Crippen LogP contribution < -0.4 is 9.64 Å². The molecule has 204 valence electrons. The van der Waals surface area contributed by atoms with Crippen LogP contribution in [0.1, 0.15) is 31.9 Å². The molecular weight excluding hydrogens is 500 g/mol. The Bertz CT molecular complexity index is 1530. The lowest BCUT2D eigenvalue weighted by atomic mass is 9.97. The number of pyridine rings is 1. The second-order valence-electron chi connectivity index (χ2n) is 10.5. The molecule has 1 amide bonds. The summed E-state index contributed by atoms with van der Waals surface area (Å²) in [7, 11) is 0. The van der Waals surface area contributed by atoms with E-state index >= 15 is 0 Å². The number of carbonyl (C=O) groups excluding carboxylic acids is 2. The van der Waals surface area contributed by atoms with Crippen molar-refractivity contribution < 1.29 is 19.1 Å². The molecule has 0 saturated carbocycles. The zero-order valence-electron chi connectivity index (χ0n) is 23.4. The predicted molar refractivity (Wildman–Crippen MR) is 158 cm³/mol. The van der Waals surface area contributed by atoms with Crippen LogP contribution in [0.3, 0.4) is 0 Å². The van der Waals surface area contributed by atoms with E-state index in [1.807, 2.05) is 18.2 Å². The fourth-order valence-electron chi connectivity index (χ4n) is 4.89. The maximum atomic E-state index is 12.7. The second kappa shape index (κ2) is 11.7. The molecule has 40 heavy (non-hydrogen) atoms. The molecule has 0 spiro atoms. The summed E-state index contributed by atoms with van der Waals surface area (Å²) < 4.78 is 10.8. The fourth-order valence-corrected chi connectivity index (χ4v) is 4.89. The molecule has 1 aliphatic heterocycles. The first-order valence-corrected chi connectivity index (χ1v) is 13.7. The van der Waals surface area contributed by atoms with Gasteiger partial charge >= 0.3 is 5.97 Å². The average Bonchev–Trinajstić information content (AvgIpc) is 2.95. The monoisotopic (exact) mass is 534 g/mol. The Labute approximate surface area is 235 Å². The van der Waals surface area contributed by atoms with Crippen LogP contribution in [0.5, 0.6) is 5.75 Å². The molecule has 3 aromatic carbocycles. The van der Waals surface area contributed by atoms with Crippen LogP contribution in [0.2, 0.25) is 0 Å². The van der Waals surface area contributed by atoms with E-state index in [-0.39, 0.29) is 25.7 Å². The number of ether oxygens (including phenoxy) is 2. The van der Waals surface area contributed by atoms with Crippen LogP contribution in [-0.4, -0.2) is 36.6 Å². The number of nitrogens with zero attached hydrogens (tertiary/aromatic N) is 2. The minimum absolute atomic E-state index is 0.121. The second-order valence-corrected chi connectivity index (χ2v) is 10.5. The van der Waals surface area contributed by atoms with E-state index in [0.29, 0.717) is 17.4 Å². The van der Waals surface area contributed by atoms with Gasteiger partial charge in [0, 0.05) is 11.1 Å². The Morgan fingerprint density at radius 2 is 1.55 bits per heavy atom. The molecule has 0 atom stereocenters. The van der Waals surface area contributed by atoms with Gasteiger partial charge in [0.1, 0.15) is 12.3 Å². The maximum absolute atomic E-state index is 12.7. The lowest BCUT2D eigenvalue weighted by Gasteiger charge is -2.29. The molecule has 2 heterocycles. The van der Waals surface area contributed by atoms with Gasteiger partial charge < -0.3 is 9.47 Å². The van der Waals surface area contributed by atoms with E-state index in [1.54, 1.807) is 6.92 Å². The predicted octanol–water partition coefficient (Wildman–Crippen LogP) is 6.88. The van der Waals surface area contributed by atoms with Crippen LogP contribution in [0.4, 0.5) is 5.69 Å². The van der Waals surface area contributed by atoms with Crippen molar-refractivity contribution >= 4 is 17.6 Å². The third-order valence-corrected chi connectivity index (χ3v) is 6.89. The van der Waals surface area contributed by atoms with Gasteiger partial charge in [0.05, 0.1) is 23.7 Å². The van der Waals surface area contributed by atoms with Crippen molar-refractivity contribution in [3.05, 3.63) is 90.0 Å². The first kappa shape index (κ1) is 27.1. The van der Waals surface area contributed by atoms with Crippen LogP contribution >= 0.6 is 0 Å². The number of aryl methyl sites for hydroxylation is 1. The molecule has 0 unspecified atom stereocenters. The summed E-state index contributed by atoms with van der Waals surface area (Å²) in [5.74, 6) is 0.380. The average molecular weight is 535 g/mol. The zero-order valence-corrected chi connectivity index (χ0v) is 23.4. The first-order valence-electron chi connectivity index (χ1n) is 13.7. The number of amides is 1. The summed E-state index contributed by atoms with van der Waals surface area (Å²) in [6.45, 7) is 8.22. The summed E-state index contributed by atoms with van der Waals surface area (Å²) in [5, 5.41) is 0. The van der Waals surface area contributed by atoms with E-state index in [4.69, 9.17) is 14.5 Å². The van der Waals surface area contributed by atoms with Crippen molar-refractivity contribution in [2.75, 3.05) is 24.7 Å². The number of rotatable bonds is 8.